The highest BCUT2D eigenvalue weighted by molar-refractivity contribution is 5.96. The number of hydrogen-bond acceptors (Lipinski definition) is 3. The van der Waals surface area contributed by atoms with Gasteiger partial charge in [-0.2, -0.15) is 0 Å². The lowest BCUT2D eigenvalue weighted by Gasteiger charge is -2.15. The number of nitrogens with two attached hydrogens (primary N) is 1. The van der Waals surface area contributed by atoms with E-state index in [0.717, 1.165) is 23.4 Å². The van der Waals surface area contributed by atoms with E-state index in [1.165, 1.54) is 0 Å². The van der Waals surface area contributed by atoms with E-state index in [1.807, 2.05) is 25.1 Å². The number of hydrogen-bond donors (Lipinski definition) is 2. The molecule has 1 aliphatic rings. The molecule has 108 valence electrons. The lowest BCUT2D eigenvalue weighted by molar-refractivity contribution is -0.119. The average molecular weight is 275 g/mol. The van der Waals surface area contributed by atoms with Gasteiger partial charge in [0.1, 0.15) is 0 Å². The van der Waals surface area contributed by atoms with Crippen LogP contribution < -0.4 is 16.0 Å². The number of fused-ring (bicyclic) bond motifs is 1. The molecule has 1 aromatic rings. The molecule has 3 N–H and O–H groups in total. The summed E-state index contributed by atoms with van der Waals surface area (Å²) in [6.45, 7) is 4.66. The van der Waals surface area contributed by atoms with Crippen LogP contribution in [0.4, 0.5) is 11.4 Å². The van der Waals surface area contributed by atoms with E-state index in [0.29, 0.717) is 19.5 Å². The van der Waals surface area contributed by atoms with E-state index < -0.39 is 0 Å². The Hall–Kier alpha value is -1.88. The monoisotopic (exact) mass is 275 g/mol. The van der Waals surface area contributed by atoms with Gasteiger partial charge < -0.3 is 16.0 Å². The highest BCUT2D eigenvalue weighted by atomic mass is 16.2. The Morgan fingerprint density at radius 2 is 2.20 bits per heavy atom. The predicted octanol–water partition coefficient (Wildman–Crippen LogP) is 1.52. The summed E-state index contributed by atoms with van der Waals surface area (Å²) in [5, 5.41) is 2.90. The fraction of sp³-hybridized carbons (Fsp3) is 0.467. The first kappa shape index (κ1) is 14.5. The highest BCUT2D eigenvalue weighted by Crippen LogP contribution is 2.30. The first-order valence-electron chi connectivity index (χ1n) is 6.95. The normalized spacial score (nSPS) is 14.8. The maximum absolute atomic E-state index is 11.9. The van der Waals surface area contributed by atoms with E-state index in [4.69, 9.17) is 5.73 Å². The predicted molar refractivity (Wildman–Crippen MR) is 79.6 cm³/mol. The number of rotatable bonds is 4. The number of benzene rings is 1. The molecule has 0 bridgehead atoms. The molecule has 1 aromatic carbocycles. The summed E-state index contributed by atoms with van der Waals surface area (Å²) < 4.78 is 0. The van der Waals surface area contributed by atoms with Crippen molar-refractivity contribution in [3.63, 3.8) is 0 Å². The molecule has 0 radical (unpaired) electrons. The maximum Gasteiger partial charge on any atom is 0.227 e. The summed E-state index contributed by atoms with van der Waals surface area (Å²) >= 11 is 0. The zero-order valence-corrected chi connectivity index (χ0v) is 12.0. The maximum atomic E-state index is 11.9. The quantitative estimate of drug-likeness (QED) is 0.874. The second-order valence-electron chi connectivity index (χ2n) is 5.23. The first-order chi connectivity index (χ1) is 9.52. The minimum absolute atomic E-state index is 0.0168. The first-order valence-corrected chi connectivity index (χ1v) is 6.95. The molecule has 1 aliphatic heterocycles. The van der Waals surface area contributed by atoms with Gasteiger partial charge in [-0.1, -0.05) is 6.92 Å². The molecular formula is C15H21N3O2. The number of nitrogens with zero attached hydrogens (tertiary/aromatic N) is 1. The van der Waals surface area contributed by atoms with Crippen molar-refractivity contribution in [2.24, 2.45) is 11.7 Å². The molecule has 0 saturated heterocycles. The number of anilines is 2. The van der Waals surface area contributed by atoms with Crippen molar-refractivity contribution in [1.82, 2.24) is 0 Å². The molecular weight excluding hydrogens is 254 g/mol. The van der Waals surface area contributed by atoms with Crippen molar-refractivity contribution in [3.8, 4) is 0 Å². The Bertz CT molecular complexity index is 528. The lowest BCUT2D eigenvalue weighted by atomic mass is 10.1. The van der Waals surface area contributed by atoms with Crippen molar-refractivity contribution < 1.29 is 9.59 Å². The highest BCUT2D eigenvalue weighted by Gasteiger charge is 2.22. The summed E-state index contributed by atoms with van der Waals surface area (Å²) in [6.07, 6.45) is 1.51. The number of carbonyl (C=O) groups excluding carboxylic acids is 2. The van der Waals surface area contributed by atoms with Crippen molar-refractivity contribution in [3.05, 3.63) is 23.8 Å². The summed E-state index contributed by atoms with van der Waals surface area (Å²) in [5.41, 5.74) is 8.29. The molecule has 20 heavy (non-hydrogen) atoms. The van der Waals surface area contributed by atoms with Crippen molar-refractivity contribution >= 4 is 23.2 Å². The SMILES string of the molecule is CC(=O)N1CCc2cc(NC(=O)C(C)CCN)ccc21. The summed E-state index contributed by atoms with van der Waals surface area (Å²) in [4.78, 5) is 25.2. The van der Waals surface area contributed by atoms with Crippen LogP contribution in [0.25, 0.3) is 0 Å². The third kappa shape index (κ3) is 2.99. The van der Waals surface area contributed by atoms with Crippen LogP contribution in [0, 0.1) is 5.92 Å². The van der Waals surface area contributed by atoms with Gasteiger partial charge in [-0.25, -0.2) is 0 Å². The molecule has 0 spiro atoms. The third-order valence-corrected chi connectivity index (χ3v) is 3.67. The topological polar surface area (TPSA) is 75.4 Å². The zero-order chi connectivity index (χ0) is 14.7. The number of nitrogens with one attached hydrogen (secondary N) is 1. The van der Waals surface area contributed by atoms with Gasteiger partial charge in [-0.15, -0.1) is 0 Å². The molecule has 2 rings (SSSR count). The second kappa shape index (κ2) is 6.05. The molecule has 5 heteroatoms. The Kier molecular flexibility index (Phi) is 4.39. The van der Waals surface area contributed by atoms with Crippen LogP contribution >= 0.6 is 0 Å². The van der Waals surface area contributed by atoms with Crippen LogP contribution in [0.1, 0.15) is 25.8 Å². The van der Waals surface area contributed by atoms with Gasteiger partial charge in [-0.3, -0.25) is 9.59 Å². The Morgan fingerprint density at radius 3 is 2.85 bits per heavy atom. The molecule has 2 amide bonds. The lowest BCUT2D eigenvalue weighted by Crippen LogP contribution is -2.25. The summed E-state index contributed by atoms with van der Waals surface area (Å²) in [5.74, 6) is -0.0594. The third-order valence-electron chi connectivity index (χ3n) is 3.67. The van der Waals surface area contributed by atoms with Gasteiger partial charge >= 0.3 is 0 Å². The Balaban J connectivity index is 2.09. The summed E-state index contributed by atoms with van der Waals surface area (Å²) in [6, 6.07) is 5.69. The van der Waals surface area contributed by atoms with Gasteiger partial charge in [0.25, 0.3) is 0 Å². The van der Waals surface area contributed by atoms with E-state index in [-0.39, 0.29) is 17.7 Å². The van der Waals surface area contributed by atoms with Gasteiger partial charge in [0, 0.05) is 30.8 Å². The number of carbonyl (C=O) groups is 2. The molecule has 0 saturated carbocycles. The van der Waals surface area contributed by atoms with Crippen molar-refractivity contribution in [2.45, 2.75) is 26.7 Å². The summed E-state index contributed by atoms with van der Waals surface area (Å²) in [7, 11) is 0. The van der Waals surface area contributed by atoms with E-state index in [1.54, 1.807) is 11.8 Å². The van der Waals surface area contributed by atoms with Crippen LogP contribution in [-0.2, 0) is 16.0 Å². The Labute approximate surface area is 119 Å². The van der Waals surface area contributed by atoms with Gasteiger partial charge in [-0.05, 0) is 43.1 Å². The van der Waals surface area contributed by atoms with Crippen LogP contribution in [0.15, 0.2) is 18.2 Å². The van der Waals surface area contributed by atoms with Crippen LogP contribution in [0.5, 0.6) is 0 Å². The largest absolute Gasteiger partial charge is 0.330 e. The molecule has 0 fully saturated rings. The molecule has 0 aromatic heterocycles. The molecule has 1 heterocycles. The molecule has 1 unspecified atom stereocenters. The van der Waals surface area contributed by atoms with Gasteiger partial charge in [0.15, 0.2) is 0 Å². The average Bonchev–Trinajstić information content (AvgIpc) is 2.82. The van der Waals surface area contributed by atoms with Crippen LogP contribution in [0.3, 0.4) is 0 Å². The molecule has 0 aliphatic carbocycles. The fourth-order valence-corrected chi connectivity index (χ4v) is 2.45. The second-order valence-corrected chi connectivity index (χ2v) is 5.23. The van der Waals surface area contributed by atoms with E-state index in [2.05, 4.69) is 5.32 Å². The standard InChI is InChI=1S/C15H21N3O2/c1-10(5-7-16)15(20)17-13-3-4-14-12(9-13)6-8-18(14)11(2)19/h3-4,9-10H,5-8,16H2,1-2H3,(H,17,20). The van der Waals surface area contributed by atoms with Gasteiger partial charge in [0.05, 0.1) is 0 Å². The minimum Gasteiger partial charge on any atom is -0.330 e. The van der Waals surface area contributed by atoms with Crippen LogP contribution in [-0.4, -0.2) is 24.9 Å². The smallest absolute Gasteiger partial charge is 0.227 e. The molecule has 1 atom stereocenters. The van der Waals surface area contributed by atoms with Gasteiger partial charge in [0.2, 0.25) is 11.8 Å². The van der Waals surface area contributed by atoms with E-state index >= 15 is 0 Å². The molecule has 5 nitrogen and oxygen atoms in total. The minimum atomic E-state index is -0.0954. The number of amides is 2. The van der Waals surface area contributed by atoms with E-state index in [9.17, 15) is 9.59 Å². The zero-order valence-electron chi connectivity index (χ0n) is 12.0. The Morgan fingerprint density at radius 1 is 1.45 bits per heavy atom. The fourth-order valence-electron chi connectivity index (χ4n) is 2.45. The van der Waals surface area contributed by atoms with Crippen molar-refractivity contribution in [2.75, 3.05) is 23.3 Å². The van der Waals surface area contributed by atoms with Crippen LogP contribution in [0.2, 0.25) is 0 Å². The van der Waals surface area contributed by atoms with Crippen molar-refractivity contribution in [1.29, 1.82) is 0 Å².